The maximum atomic E-state index is 13.4. The van der Waals surface area contributed by atoms with E-state index in [9.17, 15) is 29.1 Å². The van der Waals surface area contributed by atoms with E-state index < -0.39 is 53.8 Å². The molecule has 1 aliphatic rings. The minimum atomic E-state index is -1.29. The standard InChI is InChI=1S/C27H38N8O7/c28-17(9-10-22(36)37)25(40)35-12-4-8-21(35)24(39)33-19(7-3-11-31-27(29)30)23(38)34-20(26(41)42)13-15-14-32-18-6-2-1-5-16(15)18/h1-2,5-6,14,17,19-21,32H,3-4,7-13,28H2,(H,33,39)(H,34,38)(H,36,37)(H,41,42)(H4,29,30,31). The zero-order valence-electron chi connectivity index (χ0n) is 23.1. The molecule has 3 amide bonds. The van der Waals surface area contributed by atoms with Crippen molar-refractivity contribution >= 4 is 46.5 Å². The first kappa shape index (κ1) is 31.9. The molecule has 3 rings (SSSR count). The number of carbonyl (C=O) groups excluding carboxylic acids is 3. The monoisotopic (exact) mass is 586 g/mol. The number of para-hydroxylation sites is 1. The van der Waals surface area contributed by atoms with Crippen LogP contribution >= 0.6 is 0 Å². The van der Waals surface area contributed by atoms with Gasteiger partial charge in [0.05, 0.1) is 6.04 Å². The minimum absolute atomic E-state index is 0.00110. The number of guanidine groups is 1. The van der Waals surface area contributed by atoms with E-state index >= 15 is 0 Å². The van der Waals surface area contributed by atoms with Crippen molar-refractivity contribution in [2.75, 3.05) is 13.1 Å². The van der Waals surface area contributed by atoms with Crippen molar-refractivity contribution in [1.29, 1.82) is 0 Å². The van der Waals surface area contributed by atoms with E-state index in [-0.39, 0.29) is 44.7 Å². The Hall–Kier alpha value is -4.66. The van der Waals surface area contributed by atoms with Gasteiger partial charge < -0.3 is 47.9 Å². The summed E-state index contributed by atoms with van der Waals surface area (Å²) < 4.78 is 0. The topological polar surface area (TPSA) is 259 Å². The zero-order chi connectivity index (χ0) is 30.8. The number of nitrogens with two attached hydrogens (primary N) is 3. The average Bonchev–Trinajstić information content (AvgIpc) is 3.60. The van der Waals surface area contributed by atoms with Crippen molar-refractivity contribution in [2.45, 2.75) is 69.1 Å². The van der Waals surface area contributed by atoms with Gasteiger partial charge in [0.25, 0.3) is 0 Å². The van der Waals surface area contributed by atoms with Gasteiger partial charge in [0.2, 0.25) is 17.7 Å². The van der Waals surface area contributed by atoms with E-state index in [2.05, 4.69) is 20.6 Å². The van der Waals surface area contributed by atoms with Crippen LogP contribution < -0.4 is 27.8 Å². The van der Waals surface area contributed by atoms with Crippen molar-refractivity contribution in [2.24, 2.45) is 22.2 Å². The molecule has 1 aliphatic heterocycles. The van der Waals surface area contributed by atoms with Crippen molar-refractivity contribution in [3.8, 4) is 0 Å². The number of hydrogen-bond acceptors (Lipinski definition) is 7. The number of rotatable bonds is 15. The number of aliphatic imine (C=N–C) groups is 1. The van der Waals surface area contributed by atoms with E-state index in [0.717, 1.165) is 10.9 Å². The Bertz CT molecular complexity index is 1320. The highest BCUT2D eigenvalue weighted by Gasteiger charge is 2.38. The Morgan fingerprint density at radius 2 is 1.81 bits per heavy atom. The van der Waals surface area contributed by atoms with Crippen LogP contribution in [-0.2, 0) is 30.4 Å². The summed E-state index contributed by atoms with van der Waals surface area (Å²) in [5.74, 6) is -4.34. The summed E-state index contributed by atoms with van der Waals surface area (Å²) in [5.41, 5.74) is 18.2. The lowest BCUT2D eigenvalue weighted by Gasteiger charge is -2.28. The fourth-order valence-corrected chi connectivity index (χ4v) is 4.95. The first-order valence-electron chi connectivity index (χ1n) is 13.7. The number of nitrogens with one attached hydrogen (secondary N) is 3. The fraction of sp³-hybridized carbons (Fsp3) is 0.481. The molecule has 0 saturated carbocycles. The molecular formula is C27H38N8O7. The molecule has 228 valence electrons. The number of aromatic amines is 1. The molecular weight excluding hydrogens is 548 g/mol. The van der Waals surface area contributed by atoms with Crippen LogP contribution in [0.3, 0.4) is 0 Å². The molecule has 4 atom stereocenters. The molecule has 1 aromatic heterocycles. The van der Waals surface area contributed by atoms with Crippen LogP contribution in [0.25, 0.3) is 10.9 Å². The second-order valence-electron chi connectivity index (χ2n) is 10.2. The number of carboxylic acid groups (broad SMARTS) is 2. The minimum Gasteiger partial charge on any atom is -0.481 e. The van der Waals surface area contributed by atoms with Gasteiger partial charge in [-0.05, 0) is 43.7 Å². The van der Waals surface area contributed by atoms with Gasteiger partial charge in [-0.3, -0.25) is 24.2 Å². The molecule has 42 heavy (non-hydrogen) atoms. The largest absolute Gasteiger partial charge is 0.481 e. The molecule has 15 nitrogen and oxygen atoms in total. The first-order valence-corrected chi connectivity index (χ1v) is 13.7. The van der Waals surface area contributed by atoms with Gasteiger partial charge in [-0.25, -0.2) is 4.79 Å². The van der Waals surface area contributed by atoms with Crippen LogP contribution in [0.5, 0.6) is 0 Å². The van der Waals surface area contributed by atoms with Crippen LogP contribution in [0.4, 0.5) is 0 Å². The molecule has 0 bridgehead atoms. The van der Waals surface area contributed by atoms with E-state index in [1.807, 2.05) is 24.3 Å². The molecule has 11 N–H and O–H groups in total. The molecule has 15 heteroatoms. The third kappa shape index (κ3) is 8.67. The molecule has 0 aliphatic carbocycles. The summed E-state index contributed by atoms with van der Waals surface area (Å²) in [7, 11) is 0. The molecule has 4 unspecified atom stereocenters. The SMILES string of the molecule is NC(N)=NCCCC(NC(=O)C1CCCN1C(=O)C(N)CCC(=O)O)C(=O)NC(Cc1c[nH]c2ccccc12)C(=O)O. The quantitative estimate of drug-likeness (QED) is 0.0717. The average molecular weight is 587 g/mol. The Morgan fingerprint density at radius 3 is 2.50 bits per heavy atom. The van der Waals surface area contributed by atoms with Crippen molar-refractivity contribution in [1.82, 2.24) is 20.5 Å². The highest BCUT2D eigenvalue weighted by atomic mass is 16.4. The number of fused-ring (bicyclic) bond motifs is 1. The summed E-state index contributed by atoms with van der Waals surface area (Å²) in [6.45, 7) is 0.427. The molecule has 1 saturated heterocycles. The summed E-state index contributed by atoms with van der Waals surface area (Å²) in [6, 6.07) is 2.93. The first-order chi connectivity index (χ1) is 20.0. The summed E-state index contributed by atoms with van der Waals surface area (Å²) in [6.07, 6.45) is 2.54. The lowest BCUT2D eigenvalue weighted by Crippen LogP contribution is -2.56. The third-order valence-electron chi connectivity index (χ3n) is 7.12. The third-order valence-corrected chi connectivity index (χ3v) is 7.12. The number of H-pyrrole nitrogens is 1. The lowest BCUT2D eigenvalue weighted by atomic mass is 10.0. The lowest BCUT2D eigenvalue weighted by molar-refractivity contribution is -0.143. The van der Waals surface area contributed by atoms with Crippen molar-refractivity contribution in [3.05, 3.63) is 36.0 Å². The number of aromatic nitrogens is 1. The number of carboxylic acids is 2. The van der Waals surface area contributed by atoms with E-state index in [4.69, 9.17) is 22.3 Å². The van der Waals surface area contributed by atoms with Crippen LogP contribution in [0.2, 0.25) is 0 Å². The number of aliphatic carboxylic acids is 2. The van der Waals surface area contributed by atoms with Gasteiger partial charge in [-0.2, -0.15) is 0 Å². The number of hydrogen-bond donors (Lipinski definition) is 8. The second kappa shape index (κ2) is 14.8. The number of benzene rings is 1. The number of nitrogens with zero attached hydrogens (tertiary/aromatic N) is 2. The number of carbonyl (C=O) groups is 5. The summed E-state index contributed by atoms with van der Waals surface area (Å²) >= 11 is 0. The Morgan fingerprint density at radius 1 is 1.07 bits per heavy atom. The predicted octanol–water partition coefficient (Wildman–Crippen LogP) is -0.999. The smallest absolute Gasteiger partial charge is 0.326 e. The molecule has 0 radical (unpaired) electrons. The highest BCUT2D eigenvalue weighted by molar-refractivity contribution is 5.94. The maximum absolute atomic E-state index is 13.4. The van der Waals surface area contributed by atoms with Gasteiger partial charge in [0.15, 0.2) is 5.96 Å². The van der Waals surface area contributed by atoms with Crippen LogP contribution in [0.1, 0.15) is 44.1 Å². The zero-order valence-corrected chi connectivity index (χ0v) is 23.1. The summed E-state index contributed by atoms with van der Waals surface area (Å²) in [5, 5.41) is 24.8. The van der Waals surface area contributed by atoms with Gasteiger partial charge in [-0.1, -0.05) is 18.2 Å². The number of amides is 3. The van der Waals surface area contributed by atoms with Gasteiger partial charge in [0.1, 0.15) is 18.1 Å². The van der Waals surface area contributed by atoms with Crippen LogP contribution in [0.15, 0.2) is 35.5 Å². The van der Waals surface area contributed by atoms with E-state index in [1.165, 1.54) is 4.90 Å². The molecule has 2 heterocycles. The van der Waals surface area contributed by atoms with Gasteiger partial charge in [-0.15, -0.1) is 0 Å². The fourth-order valence-electron chi connectivity index (χ4n) is 4.95. The molecule has 0 spiro atoms. The van der Waals surface area contributed by atoms with Crippen LogP contribution in [-0.4, -0.2) is 93.0 Å². The number of likely N-dealkylation sites (tertiary alicyclic amines) is 1. The second-order valence-corrected chi connectivity index (χ2v) is 10.2. The van der Waals surface area contributed by atoms with Gasteiger partial charge in [0, 0.05) is 43.0 Å². The highest BCUT2D eigenvalue weighted by Crippen LogP contribution is 2.21. The Balaban J connectivity index is 1.72. The maximum Gasteiger partial charge on any atom is 0.326 e. The normalized spacial score (nSPS) is 16.8. The molecule has 1 aromatic carbocycles. The van der Waals surface area contributed by atoms with E-state index in [1.54, 1.807) is 6.20 Å². The van der Waals surface area contributed by atoms with Crippen molar-refractivity contribution in [3.63, 3.8) is 0 Å². The summed E-state index contributed by atoms with van der Waals surface area (Å²) in [4.78, 5) is 70.8. The van der Waals surface area contributed by atoms with Crippen molar-refractivity contribution < 1.29 is 34.2 Å². The predicted molar refractivity (Wildman–Crippen MR) is 153 cm³/mol. The van der Waals surface area contributed by atoms with Gasteiger partial charge >= 0.3 is 11.9 Å². The Kier molecular flexibility index (Phi) is 11.2. The Labute approximate surface area is 241 Å². The van der Waals surface area contributed by atoms with Crippen LogP contribution in [0, 0.1) is 0 Å². The molecule has 2 aromatic rings. The van der Waals surface area contributed by atoms with E-state index in [0.29, 0.717) is 24.8 Å². The molecule has 1 fully saturated rings.